The Morgan fingerprint density at radius 2 is 1.88 bits per heavy atom. The van der Waals surface area contributed by atoms with Crippen LogP contribution in [0.3, 0.4) is 0 Å². The van der Waals surface area contributed by atoms with E-state index in [1.807, 2.05) is 0 Å². The van der Waals surface area contributed by atoms with Crippen molar-refractivity contribution in [2.24, 2.45) is 0 Å². The Balaban J connectivity index is 3.37. The Kier molecular flexibility index (Phi) is 3.86. The second kappa shape index (κ2) is 4.78. The highest BCUT2D eigenvalue weighted by molar-refractivity contribution is 7.91. The van der Waals surface area contributed by atoms with Gasteiger partial charge in [0.25, 0.3) is 0 Å². The van der Waals surface area contributed by atoms with Crippen LogP contribution >= 0.6 is 0 Å². The molecule has 0 amide bonds. The van der Waals surface area contributed by atoms with E-state index in [1.165, 1.54) is 6.92 Å². The molecule has 0 fully saturated rings. The number of ketones is 1. The van der Waals surface area contributed by atoms with Gasteiger partial charge < -0.3 is 0 Å². The molecule has 88 valence electrons. The Morgan fingerprint density at radius 3 is 2.38 bits per heavy atom. The van der Waals surface area contributed by atoms with E-state index in [0.29, 0.717) is 5.56 Å². The van der Waals surface area contributed by atoms with E-state index in [4.69, 9.17) is 0 Å². The van der Waals surface area contributed by atoms with E-state index in [-0.39, 0.29) is 22.3 Å². The number of sulfone groups is 1. The van der Waals surface area contributed by atoms with Crippen molar-refractivity contribution in [1.82, 2.24) is 0 Å². The van der Waals surface area contributed by atoms with Gasteiger partial charge in [-0.2, -0.15) is 0 Å². The summed E-state index contributed by atoms with van der Waals surface area (Å²) in [5.74, 6) is -0.356. The first-order chi connectivity index (χ1) is 7.40. The first-order valence-electron chi connectivity index (χ1n) is 5.22. The van der Waals surface area contributed by atoms with Crippen LogP contribution in [0.15, 0.2) is 29.2 Å². The van der Waals surface area contributed by atoms with Crippen molar-refractivity contribution in [3.8, 4) is 0 Å². The average Bonchev–Trinajstić information content (AvgIpc) is 2.28. The molecule has 0 bridgehead atoms. The van der Waals surface area contributed by atoms with Crippen LogP contribution in [0.25, 0.3) is 0 Å². The average molecular weight is 240 g/mol. The van der Waals surface area contributed by atoms with E-state index in [2.05, 4.69) is 0 Å². The van der Waals surface area contributed by atoms with Crippen LogP contribution in [0.5, 0.6) is 0 Å². The van der Waals surface area contributed by atoms with Gasteiger partial charge in [-0.25, -0.2) is 8.42 Å². The molecule has 0 aliphatic rings. The van der Waals surface area contributed by atoms with Gasteiger partial charge in [-0.05, 0) is 18.6 Å². The number of carbonyl (C=O) groups excluding carboxylic acids is 1. The van der Waals surface area contributed by atoms with Gasteiger partial charge in [0.1, 0.15) is 5.78 Å². The van der Waals surface area contributed by atoms with Crippen molar-refractivity contribution < 1.29 is 13.2 Å². The van der Waals surface area contributed by atoms with Gasteiger partial charge in [0.15, 0.2) is 9.84 Å². The molecule has 0 N–H and O–H groups in total. The Bertz CT molecular complexity index is 489. The number of rotatable bonds is 4. The minimum Gasteiger partial charge on any atom is -0.299 e. The third-order valence-electron chi connectivity index (χ3n) is 2.71. The summed E-state index contributed by atoms with van der Waals surface area (Å²) in [6, 6.07) is 6.70. The molecule has 1 unspecified atom stereocenters. The summed E-state index contributed by atoms with van der Waals surface area (Å²) in [6.45, 7) is 4.80. The van der Waals surface area contributed by atoms with Crippen molar-refractivity contribution in [3.05, 3.63) is 29.8 Å². The van der Waals surface area contributed by atoms with E-state index >= 15 is 0 Å². The fourth-order valence-corrected chi connectivity index (χ4v) is 2.70. The van der Waals surface area contributed by atoms with Crippen molar-refractivity contribution in [1.29, 1.82) is 0 Å². The monoisotopic (exact) mass is 240 g/mol. The minimum atomic E-state index is -3.26. The fourth-order valence-electron chi connectivity index (χ4n) is 1.50. The summed E-state index contributed by atoms with van der Waals surface area (Å²) >= 11 is 0. The minimum absolute atomic E-state index is 0.0289. The second-order valence-corrected chi connectivity index (χ2v) is 6.02. The summed E-state index contributed by atoms with van der Waals surface area (Å²) in [4.78, 5) is 11.6. The van der Waals surface area contributed by atoms with Crippen LogP contribution < -0.4 is 0 Å². The van der Waals surface area contributed by atoms with Gasteiger partial charge in [0, 0.05) is 5.92 Å². The molecule has 0 aliphatic heterocycles. The standard InChI is InChI=1S/C12H16O3S/c1-4-16(14,15)12-8-6-5-7-11(12)9(2)10(3)13/h5-9H,4H2,1-3H3. The highest BCUT2D eigenvalue weighted by Crippen LogP contribution is 2.25. The fraction of sp³-hybridized carbons (Fsp3) is 0.417. The van der Waals surface area contributed by atoms with Gasteiger partial charge in [-0.1, -0.05) is 32.0 Å². The highest BCUT2D eigenvalue weighted by atomic mass is 32.2. The molecule has 1 aromatic carbocycles. The smallest absolute Gasteiger partial charge is 0.178 e. The lowest BCUT2D eigenvalue weighted by molar-refractivity contribution is -0.118. The molecule has 0 spiro atoms. The molecular formula is C12H16O3S. The van der Waals surface area contributed by atoms with E-state index < -0.39 is 9.84 Å². The Labute approximate surface area is 96.4 Å². The zero-order chi connectivity index (χ0) is 12.3. The highest BCUT2D eigenvalue weighted by Gasteiger charge is 2.21. The summed E-state index contributed by atoms with van der Waals surface area (Å²) in [5.41, 5.74) is 0.594. The van der Waals surface area contributed by atoms with E-state index in [1.54, 1.807) is 38.1 Å². The van der Waals surface area contributed by atoms with Gasteiger partial charge >= 0.3 is 0 Å². The predicted octanol–water partition coefficient (Wildman–Crippen LogP) is 2.17. The number of Topliss-reactive ketones (excluding diaryl/α,β-unsaturated/α-hetero) is 1. The summed E-state index contributed by atoms with van der Waals surface area (Å²) in [6.07, 6.45) is 0. The van der Waals surface area contributed by atoms with Gasteiger partial charge in [0.2, 0.25) is 0 Å². The molecule has 4 heteroatoms. The van der Waals surface area contributed by atoms with Crippen LogP contribution in [0, 0.1) is 0 Å². The molecule has 0 aromatic heterocycles. The normalized spacial score (nSPS) is 13.4. The number of hydrogen-bond acceptors (Lipinski definition) is 3. The Hall–Kier alpha value is -1.16. The third-order valence-corrected chi connectivity index (χ3v) is 4.51. The lowest BCUT2D eigenvalue weighted by atomic mass is 9.98. The first kappa shape index (κ1) is 12.9. The third kappa shape index (κ3) is 2.50. The van der Waals surface area contributed by atoms with E-state index in [9.17, 15) is 13.2 Å². The van der Waals surface area contributed by atoms with E-state index in [0.717, 1.165) is 0 Å². The molecule has 3 nitrogen and oxygen atoms in total. The first-order valence-corrected chi connectivity index (χ1v) is 6.87. The SMILES string of the molecule is CCS(=O)(=O)c1ccccc1C(C)C(C)=O. The largest absolute Gasteiger partial charge is 0.299 e. The molecule has 16 heavy (non-hydrogen) atoms. The number of carbonyl (C=O) groups is 1. The molecular weight excluding hydrogens is 224 g/mol. The van der Waals surface area contributed by atoms with Crippen LogP contribution in [-0.4, -0.2) is 20.0 Å². The predicted molar refractivity (Wildman–Crippen MR) is 63.3 cm³/mol. The van der Waals surface area contributed by atoms with Crippen molar-refractivity contribution >= 4 is 15.6 Å². The molecule has 0 heterocycles. The van der Waals surface area contributed by atoms with Crippen LogP contribution in [0.4, 0.5) is 0 Å². The second-order valence-electron chi connectivity index (χ2n) is 3.77. The van der Waals surface area contributed by atoms with Crippen LogP contribution in [0.1, 0.15) is 32.3 Å². The molecule has 0 saturated carbocycles. The van der Waals surface area contributed by atoms with Crippen LogP contribution in [-0.2, 0) is 14.6 Å². The molecule has 1 atom stereocenters. The maximum atomic E-state index is 11.8. The number of hydrogen-bond donors (Lipinski definition) is 0. The quantitative estimate of drug-likeness (QED) is 0.810. The van der Waals surface area contributed by atoms with Crippen LogP contribution in [0.2, 0.25) is 0 Å². The summed E-state index contributed by atoms with van der Waals surface area (Å²) in [5, 5.41) is 0. The lowest BCUT2D eigenvalue weighted by Crippen LogP contribution is -2.12. The maximum absolute atomic E-state index is 11.8. The molecule has 0 saturated heterocycles. The van der Waals surface area contributed by atoms with Crippen molar-refractivity contribution in [2.75, 3.05) is 5.75 Å². The summed E-state index contributed by atoms with van der Waals surface area (Å²) in [7, 11) is -3.26. The van der Waals surface area contributed by atoms with Gasteiger partial charge in [0.05, 0.1) is 10.6 Å². The maximum Gasteiger partial charge on any atom is 0.178 e. The zero-order valence-corrected chi connectivity index (χ0v) is 10.5. The lowest BCUT2D eigenvalue weighted by Gasteiger charge is -2.13. The summed E-state index contributed by atoms with van der Waals surface area (Å²) < 4.78 is 23.7. The Morgan fingerprint density at radius 1 is 1.31 bits per heavy atom. The molecule has 0 aliphatic carbocycles. The number of benzene rings is 1. The van der Waals surface area contributed by atoms with Gasteiger partial charge in [-0.15, -0.1) is 0 Å². The van der Waals surface area contributed by atoms with Gasteiger partial charge in [-0.3, -0.25) is 4.79 Å². The molecule has 1 rings (SSSR count). The topological polar surface area (TPSA) is 51.2 Å². The molecule has 1 aromatic rings. The van der Waals surface area contributed by atoms with Crippen molar-refractivity contribution in [3.63, 3.8) is 0 Å². The zero-order valence-electron chi connectivity index (χ0n) is 9.73. The van der Waals surface area contributed by atoms with Crippen molar-refractivity contribution in [2.45, 2.75) is 31.6 Å². The molecule has 0 radical (unpaired) electrons.